The van der Waals surface area contributed by atoms with E-state index in [1.54, 1.807) is 0 Å². The van der Waals surface area contributed by atoms with Gasteiger partial charge in [-0.25, -0.2) is 0 Å². The van der Waals surface area contributed by atoms with Crippen molar-refractivity contribution in [3.8, 4) is 0 Å². The number of hydrogen-bond donors (Lipinski definition) is 2. The second kappa shape index (κ2) is 7.51. The minimum absolute atomic E-state index is 0.0570. The van der Waals surface area contributed by atoms with E-state index in [-0.39, 0.29) is 29.2 Å². The van der Waals surface area contributed by atoms with Crippen LogP contribution in [0.25, 0.3) is 0 Å². The summed E-state index contributed by atoms with van der Waals surface area (Å²) in [5.74, 6) is -0.754. The molecule has 4 heteroatoms. The molecule has 0 saturated heterocycles. The molecule has 0 fully saturated rings. The quantitative estimate of drug-likeness (QED) is 0.746. The van der Waals surface area contributed by atoms with Crippen LogP contribution in [0.4, 0.5) is 0 Å². The molecular formula is C15H30N2O2. The molecule has 0 aromatic heterocycles. The van der Waals surface area contributed by atoms with Crippen molar-refractivity contribution in [1.29, 1.82) is 0 Å². The van der Waals surface area contributed by atoms with Crippen LogP contribution in [0.15, 0.2) is 0 Å². The molecule has 0 bridgehead atoms. The lowest BCUT2D eigenvalue weighted by atomic mass is 9.81. The van der Waals surface area contributed by atoms with Crippen LogP contribution in [0.5, 0.6) is 0 Å². The third-order valence-corrected chi connectivity index (χ3v) is 3.01. The highest BCUT2D eigenvalue weighted by Gasteiger charge is 2.33. The summed E-state index contributed by atoms with van der Waals surface area (Å²) in [5.41, 5.74) is 5.19. The van der Waals surface area contributed by atoms with Crippen LogP contribution in [0, 0.1) is 17.8 Å². The molecule has 0 aliphatic heterocycles. The lowest BCUT2D eigenvalue weighted by molar-refractivity contribution is -0.135. The van der Waals surface area contributed by atoms with E-state index in [2.05, 4.69) is 19.2 Å². The van der Waals surface area contributed by atoms with Gasteiger partial charge in [0.1, 0.15) is 0 Å². The topological polar surface area (TPSA) is 72.2 Å². The summed E-state index contributed by atoms with van der Waals surface area (Å²) in [5, 5.41) is 2.97. The number of amides is 2. The Morgan fingerprint density at radius 3 is 2.00 bits per heavy atom. The summed E-state index contributed by atoms with van der Waals surface area (Å²) < 4.78 is 0. The summed E-state index contributed by atoms with van der Waals surface area (Å²) in [6.07, 6.45) is 2.21. The number of carbonyl (C=O) groups excluding carboxylic acids is 2. The molecule has 0 saturated carbocycles. The second-order valence-electron chi connectivity index (χ2n) is 6.77. The monoisotopic (exact) mass is 270 g/mol. The molecule has 0 spiro atoms. The van der Waals surface area contributed by atoms with E-state index in [4.69, 9.17) is 5.73 Å². The molecule has 0 aromatic rings. The first-order valence-electron chi connectivity index (χ1n) is 7.19. The summed E-state index contributed by atoms with van der Waals surface area (Å²) in [6.45, 7) is 11.9. The molecule has 0 radical (unpaired) electrons. The predicted octanol–water partition coefficient (Wildman–Crippen LogP) is 2.47. The van der Waals surface area contributed by atoms with Crippen molar-refractivity contribution in [2.75, 3.05) is 0 Å². The third kappa shape index (κ3) is 7.19. The largest absolute Gasteiger partial charge is 0.369 e. The van der Waals surface area contributed by atoms with Gasteiger partial charge in [-0.1, -0.05) is 27.2 Å². The van der Waals surface area contributed by atoms with Crippen LogP contribution in [0.1, 0.15) is 60.8 Å². The molecule has 19 heavy (non-hydrogen) atoms. The van der Waals surface area contributed by atoms with Crippen molar-refractivity contribution >= 4 is 11.8 Å². The molecule has 2 unspecified atom stereocenters. The van der Waals surface area contributed by atoms with Crippen molar-refractivity contribution in [1.82, 2.24) is 5.32 Å². The molecular weight excluding hydrogens is 240 g/mol. The first kappa shape index (κ1) is 17.9. The standard InChI is InChI=1S/C15H30N2O2/c1-7-8-11(13(16)18)12(9-10(2)3)14(19)17-15(4,5)6/h10-12H,7-9H2,1-6H3,(H2,16,18)(H,17,19). The Bertz CT molecular complexity index is 306. The number of primary amides is 1. The smallest absolute Gasteiger partial charge is 0.224 e. The van der Waals surface area contributed by atoms with Crippen molar-refractivity contribution in [2.45, 2.75) is 66.3 Å². The van der Waals surface area contributed by atoms with Gasteiger partial charge in [0.05, 0.1) is 0 Å². The average molecular weight is 270 g/mol. The second-order valence-corrected chi connectivity index (χ2v) is 6.77. The molecule has 0 heterocycles. The van der Waals surface area contributed by atoms with Gasteiger partial charge >= 0.3 is 0 Å². The van der Waals surface area contributed by atoms with E-state index in [0.29, 0.717) is 18.8 Å². The molecule has 0 aliphatic carbocycles. The highest BCUT2D eigenvalue weighted by molar-refractivity contribution is 5.87. The van der Waals surface area contributed by atoms with E-state index in [1.165, 1.54) is 0 Å². The minimum atomic E-state index is -0.366. The van der Waals surface area contributed by atoms with Crippen LogP contribution in [-0.4, -0.2) is 17.4 Å². The lowest BCUT2D eigenvalue weighted by Crippen LogP contribution is -2.48. The van der Waals surface area contributed by atoms with Crippen LogP contribution < -0.4 is 11.1 Å². The van der Waals surface area contributed by atoms with Crippen LogP contribution in [-0.2, 0) is 9.59 Å². The maximum atomic E-state index is 12.4. The number of carbonyl (C=O) groups is 2. The fraction of sp³-hybridized carbons (Fsp3) is 0.867. The van der Waals surface area contributed by atoms with Crippen LogP contribution >= 0.6 is 0 Å². The summed E-state index contributed by atoms with van der Waals surface area (Å²) >= 11 is 0. The zero-order valence-electron chi connectivity index (χ0n) is 13.2. The Morgan fingerprint density at radius 2 is 1.68 bits per heavy atom. The van der Waals surface area contributed by atoms with Gasteiger partial charge in [-0.05, 0) is 39.5 Å². The first-order valence-corrected chi connectivity index (χ1v) is 7.19. The van der Waals surface area contributed by atoms with Gasteiger partial charge < -0.3 is 11.1 Å². The summed E-state index contributed by atoms with van der Waals surface area (Å²) in [4.78, 5) is 24.0. The van der Waals surface area contributed by atoms with Crippen LogP contribution in [0.2, 0.25) is 0 Å². The maximum Gasteiger partial charge on any atom is 0.224 e. The molecule has 0 aliphatic rings. The number of nitrogens with two attached hydrogens (primary N) is 1. The number of rotatable bonds is 7. The average Bonchev–Trinajstić information content (AvgIpc) is 2.19. The first-order chi connectivity index (χ1) is 8.58. The Hall–Kier alpha value is -1.06. The Kier molecular flexibility index (Phi) is 7.09. The van der Waals surface area contributed by atoms with E-state index >= 15 is 0 Å². The van der Waals surface area contributed by atoms with E-state index in [0.717, 1.165) is 6.42 Å². The summed E-state index contributed by atoms with van der Waals surface area (Å²) in [6, 6.07) is 0. The molecule has 0 aromatic carbocycles. The van der Waals surface area contributed by atoms with Gasteiger partial charge in [-0.15, -0.1) is 0 Å². The summed E-state index contributed by atoms with van der Waals surface area (Å²) in [7, 11) is 0. The molecule has 4 nitrogen and oxygen atoms in total. The zero-order chi connectivity index (χ0) is 15.2. The van der Waals surface area contributed by atoms with Gasteiger partial charge in [-0.2, -0.15) is 0 Å². The van der Waals surface area contributed by atoms with Gasteiger partial charge in [0, 0.05) is 17.4 Å². The van der Waals surface area contributed by atoms with Crippen molar-refractivity contribution < 1.29 is 9.59 Å². The highest BCUT2D eigenvalue weighted by Crippen LogP contribution is 2.25. The molecule has 3 N–H and O–H groups in total. The van der Waals surface area contributed by atoms with Crippen molar-refractivity contribution in [2.24, 2.45) is 23.5 Å². The van der Waals surface area contributed by atoms with Gasteiger partial charge in [0.25, 0.3) is 0 Å². The predicted molar refractivity (Wildman–Crippen MR) is 78.4 cm³/mol. The third-order valence-electron chi connectivity index (χ3n) is 3.01. The SMILES string of the molecule is CCCC(C(N)=O)C(CC(C)C)C(=O)NC(C)(C)C. The minimum Gasteiger partial charge on any atom is -0.369 e. The Balaban J connectivity index is 5.06. The molecule has 2 atom stereocenters. The maximum absolute atomic E-state index is 12.4. The normalized spacial score (nSPS) is 15.1. The Morgan fingerprint density at radius 1 is 1.16 bits per heavy atom. The van der Waals surface area contributed by atoms with Crippen LogP contribution in [0.3, 0.4) is 0 Å². The van der Waals surface area contributed by atoms with Gasteiger partial charge in [0.15, 0.2) is 0 Å². The Labute approximate surface area is 117 Å². The fourth-order valence-electron chi connectivity index (χ4n) is 2.28. The number of nitrogens with one attached hydrogen (secondary N) is 1. The van der Waals surface area contributed by atoms with Crippen molar-refractivity contribution in [3.05, 3.63) is 0 Å². The number of hydrogen-bond acceptors (Lipinski definition) is 2. The van der Waals surface area contributed by atoms with E-state index in [9.17, 15) is 9.59 Å². The van der Waals surface area contributed by atoms with Gasteiger partial charge in [-0.3, -0.25) is 9.59 Å². The molecule has 112 valence electrons. The zero-order valence-corrected chi connectivity index (χ0v) is 13.2. The fourth-order valence-corrected chi connectivity index (χ4v) is 2.28. The molecule has 0 rings (SSSR count). The van der Waals surface area contributed by atoms with Gasteiger partial charge in [0.2, 0.25) is 11.8 Å². The lowest BCUT2D eigenvalue weighted by Gasteiger charge is -2.29. The van der Waals surface area contributed by atoms with E-state index < -0.39 is 0 Å². The van der Waals surface area contributed by atoms with E-state index in [1.807, 2.05) is 27.7 Å². The van der Waals surface area contributed by atoms with Crippen molar-refractivity contribution in [3.63, 3.8) is 0 Å². The highest BCUT2D eigenvalue weighted by atomic mass is 16.2. The molecule has 2 amide bonds.